The molecule has 0 aliphatic carbocycles. The Morgan fingerprint density at radius 1 is 0.636 bits per heavy atom. The maximum Gasteiger partial charge on any atom is 0.0647 e. The van der Waals surface area contributed by atoms with E-state index in [1.165, 1.54) is 20.8 Å². The molecule has 12 heteroatoms. The van der Waals surface area contributed by atoms with Crippen LogP contribution in [0.15, 0.2) is 15.5 Å². The predicted octanol–water partition coefficient (Wildman–Crippen LogP) is -1.92. The molecule has 11 nitrogen and oxygen atoms in total. The van der Waals surface area contributed by atoms with Gasteiger partial charge < -0.3 is 10.6 Å². The molecule has 0 unspecified atom stereocenters. The van der Waals surface area contributed by atoms with E-state index in [4.69, 9.17) is 26.9 Å². The van der Waals surface area contributed by atoms with Crippen molar-refractivity contribution >= 4 is 25.8 Å². The maximum absolute atomic E-state index is 5.63. The summed E-state index contributed by atoms with van der Waals surface area (Å²) in [6.07, 6.45) is 0. The predicted molar refractivity (Wildman–Crippen MR) is 79.1 cm³/mol. The summed E-state index contributed by atoms with van der Waals surface area (Å²) in [5, 5.41) is 14.7. The largest absolute Gasteiger partial charge is 0.351 e. The van der Waals surface area contributed by atoms with Gasteiger partial charge in [0.1, 0.15) is 0 Å². The molecule has 0 saturated carbocycles. The van der Waals surface area contributed by atoms with E-state index in [9.17, 15) is 0 Å². The Bertz CT molecular complexity index is 454. The van der Waals surface area contributed by atoms with Crippen LogP contribution >= 0.6 is 0 Å². The number of nitrogens with zero attached hydrogens (tertiary/aromatic N) is 3. The van der Waals surface area contributed by atoms with E-state index in [0.717, 1.165) is 0 Å². The Kier molecular flexibility index (Phi) is 4.60. The van der Waals surface area contributed by atoms with Crippen LogP contribution in [0.1, 0.15) is 20.8 Å². The van der Waals surface area contributed by atoms with Gasteiger partial charge in [-0.2, -0.15) is 0 Å². The second-order valence-corrected chi connectivity index (χ2v) is 8.48. The van der Waals surface area contributed by atoms with Gasteiger partial charge in [-0.05, 0) is 0 Å². The molecule has 0 amide bonds. The zero-order valence-corrected chi connectivity index (χ0v) is 14.9. The summed E-state index contributed by atoms with van der Waals surface area (Å²) in [4.78, 5) is 0. The summed E-state index contributed by atoms with van der Waals surface area (Å²) in [6, 6.07) is 0. The molecule has 0 radical (unpaired) electrons. The minimum atomic E-state index is -5.63. The van der Waals surface area contributed by atoms with E-state index in [2.05, 4.69) is 15.5 Å². The zero-order valence-electron chi connectivity index (χ0n) is 13.9. The molecule has 3 rings (SSSR count). The topological polar surface area (TPSA) is 126 Å². The fourth-order valence-corrected chi connectivity index (χ4v) is 5.14. The first-order valence-corrected chi connectivity index (χ1v) is 9.31. The van der Waals surface area contributed by atoms with E-state index in [0.29, 0.717) is 0 Å². The molecule has 4 N–H and O–H groups in total. The Balaban J connectivity index is 0.000000353. The quantitative estimate of drug-likeness (QED) is 0.496. The minimum absolute atomic E-state index is 0.138. The fourth-order valence-electron chi connectivity index (χ4n) is 1.71. The number of hydrogen-bond acceptors (Lipinski definition) is 9. The Morgan fingerprint density at radius 3 is 1.00 bits per heavy atom. The van der Waals surface area contributed by atoms with Crippen molar-refractivity contribution < 1.29 is 37.5 Å². The van der Waals surface area contributed by atoms with E-state index >= 15 is 0 Å². The molecule has 3 aliphatic heterocycles. The summed E-state index contributed by atoms with van der Waals surface area (Å²) in [6.45, 7) is 4.59. The summed E-state index contributed by atoms with van der Waals surface area (Å²) in [5.74, 6) is 0.415. The van der Waals surface area contributed by atoms with Crippen LogP contribution in [0.5, 0.6) is 0 Å². The monoisotopic (exact) mass is 339 g/mol. The molecular formula is C10H25N5O6Si. The molecule has 3 heterocycles. The molecule has 130 valence electrons. The van der Waals surface area contributed by atoms with Gasteiger partial charge >= 0.3 is 88.9 Å². The molecule has 0 atom stereocenters. The Morgan fingerprint density at radius 2 is 0.864 bits per heavy atom. The van der Waals surface area contributed by atoms with Gasteiger partial charge in [0.05, 0.1) is 28.2 Å². The third kappa shape index (κ3) is 2.79. The minimum Gasteiger partial charge on any atom is -0.351 e. The van der Waals surface area contributed by atoms with Gasteiger partial charge in [-0.15, -0.1) is 0 Å². The number of nitrogens with two attached hydrogens (primary N) is 2. The smallest absolute Gasteiger partial charge is 0.0647 e. The zero-order chi connectivity index (χ0) is 16.9. The molecule has 0 aromatic carbocycles. The summed E-state index contributed by atoms with van der Waals surface area (Å²) < 4.78 is 31.3. The van der Waals surface area contributed by atoms with Crippen molar-refractivity contribution in [1.29, 1.82) is 0 Å². The van der Waals surface area contributed by atoms with Gasteiger partial charge in [0.2, 0.25) is 0 Å². The van der Waals surface area contributed by atoms with Gasteiger partial charge in [0.15, 0.2) is 0 Å². The second-order valence-electron chi connectivity index (χ2n) is 4.82. The molecule has 0 fully saturated rings. The number of rotatable bonds is 0. The number of quaternary nitrogens is 2. The SMILES string of the molecule is CC1=NO[Si-2]23(ON=C(C)O2)(ON=C(C)O3)O1.C[NH2+]C.C[NH2+]C. The molecule has 22 heavy (non-hydrogen) atoms. The van der Waals surface area contributed by atoms with Crippen molar-refractivity contribution in [3.63, 3.8) is 0 Å². The van der Waals surface area contributed by atoms with Crippen molar-refractivity contribution in [2.75, 3.05) is 28.2 Å². The third-order valence-corrected chi connectivity index (χ3v) is 5.68. The van der Waals surface area contributed by atoms with Gasteiger partial charge in [0.25, 0.3) is 0 Å². The van der Waals surface area contributed by atoms with Gasteiger partial charge in [-0.25, -0.2) is 0 Å². The van der Waals surface area contributed by atoms with Gasteiger partial charge in [-0.3, -0.25) is 0 Å². The molecule has 1 spiro atoms. The van der Waals surface area contributed by atoms with E-state index in [-0.39, 0.29) is 17.7 Å². The van der Waals surface area contributed by atoms with Crippen LogP contribution in [-0.2, 0) is 26.9 Å². The number of hydrogen-bond donors (Lipinski definition) is 2. The van der Waals surface area contributed by atoms with Crippen molar-refractivity contribution in [1.82, 2.24) is 0 Å². The van der Waals surface area contributed by atoms with E-state index in [1.807, 2.05) is 38.8 Å². The van der Waals surface area contributed by atoms with Crippen LogP contribution in [-0.4, -0.2) is 54.0 Å². The van der Waals surface area contributed by atoms with E-state index < -0.39 is 8.09 Å². The molecule has 3 aliphatic rings. The van der Waals surface area contributed by atoms with Crippen LogP contribution in [0.2, 0.25) is 0 Å². The molecule has 0 saturated heterocycles. The second kappa shape index (κ2) is 5.62. The van der Waals surface area contributed by atoms with Crippen LogP contribution in [0.25, 0.3) is 0 Å². The van der Waals surface area contributed by atoms with Crippen LogP contribution in [0, 0.1) is 0 Å². The fraction of sp³-hybridized carbons (Fsp3) is 0.700. The van der Waals surface area contributed by atoms with Crippen LogP contribution < -0.4 is 10.6 Å². The molecule has 0 aromatic heterocycles. The van der Waals surface area contributed by atoms with Crippen molar-refractivity contribution in [3.05, 3.63) is 0 Å². The first-order chi connectivity index (χ1) is 10.2. The number of oxime groups is 3. The first-order valence-electron chi connectivity index (χ1n) is 6.87. The molecule has 0 bridgehead atoms. The van der Waals surface area contributed by atoms with Crippen LogP contribution in [0.3, 0.4) is 0 Å². The normalized spacial score (nSPS) is 26.6. The maximum atomic E-state index is 5.35. The first kappa shape index (κ1) is 18.0. The Hall–Kier alpha value is -2.05. The molecule has 0 aromatic rings. The van der Waals surface area contributed by atoms with Crippen LogP contribution in [0.4, 0.5) is 0 Å². The van der Waals surface area contributed by atoms with Gasteiger partial charge in [-0.1, -0.05) is 0 Å². The average molecular weight is 339 g/mol. The van der Waals surface area contributed by atoms with Crippen molar-refractivity contribution in [2.24, 2.45) is 15.5 Å². The molecular weight excluding hydrogens is 314 g/mol. The summed E-state index contributed by atoms with van der Waals surface area (Å²) in [5.41, 5.74) is 0. The standard InChI is InChI=1S/C6H9N3O6Si.2C2H7N/c1-4-7-13-16(10-4,11-5(2)8-14-16)12-6(3)9-15-16;2*1-3-2/h1-3H3;2*3H,1-2H3/q-2;;/p+2. The van der Waals surface area contributed by atoms with E-state index in [1.54, 1.807) is 0 Å². The van der Waals surface area contributed by atoms with Crippen molar-refractivity contribution in [2.45, 2.75) is 20.8 Å². The average Bonchev–Trinajstić information content (AvgIpc) is 3.00. The van der Waals surface area contributed by atoms with Gasteiger partial charge in [0, 0.05) is 0 Å². The Labute approximate surface area is 128 Å². The third-order valence-electron chi connectivity index (χ3n) is 2.15. The summed E-state index contributed by atoms with van der Waals surface area (Å²) in [7, 11) is 2.37. The summed E-state index contributed by atoms with van der Waals surface area (Å²) >= 11 is 0. The van der Waals surface area contributed by atoms with Crippen molar-refractivity contribution in [3.8, 4) is 0 Å².